The molecule has 1 rings (SSSR count). The number of hydrogen-bond acceptors (Lipinski definition) is 6. The van der Waals surface area contributed by atoms with Crippen molar-refractivity contribution < 1.29 is 23.8 Å². The monoisotopic (exact) mass is 248 g/mol. The van der Waals surface area contributed by atoms with Crippen LogP contribution in [0.2, 0.25) is 0 Å². The summed E-state index contributed by atoms with van der Waals surface area (Å²) in [5.74, 6) is -0.729. The minimum atomic E-state index is -0.647. The summed E-state index contributed by atoms with van der Waals surface area (Å²) < 4.78 is 15.1. The number of hydrogen-bond donors (Lipinski definition) is 0. The number of thioether (sulfide) groups is 1. The predicted octanol–water partition coefficient (Wildman–Crippen LogP) is 1.31. The molecule has 0 spiro atoms. The van der Waals surface area contributed by atoms with Crippen LogP contribution in [0.15, 0.2) is 0 Å². The van der Waals surface area contributed by atoms with Crippen molar-refractivity contribution in [3.8, 4) is 0 Å². The zero-order valence-electron chi connectivity index (χ0n) is 9.60. The Morgan fingerprint density at radius 1 is 1.44 bits per heavy atom. The fraction of sp³-hybridized carbons (Fsp3) is 0.800. The van der Waals surface area contributed by atoms with Gasteiger partial charge in [-0.05, 0) is 6.42 Å². The largest absolute Gasteiger partial charge is 0.469 e. The smallest absolute Gasteiger partial charge is 0.306 e. The molecule has 3 unspecified atom stereocenters. The van der Waals surface area contributed by atoms with Gasteiger partial charge in [-0.15, -0.1) is 11.8 Å². The van der Waals surface area contributed by atoms with E-state index in [2.05, 4.69) is 4.74 Å². The van der Waals surface area contributed by atoms with E-state index in [1.54, 1.807) is 0 Å². The van der Waals surface area contributed by atoms with Gasteiger partial charge in [0.15, 0.2) is 0 Å². The fourth-order valence-corrected chi connectivity index (χ4v) is 2.62. The average Bonchev–Trinajstić information content (AvgIpc) is 2.60. The second-order valence-corrected chi connectivity index (χ2v) is 4.81. The predicted molar refractivity (Wildman–Crippen MR) is 58.7 cm³/mol. The molecule has 16 heavy (non-hydrogen) atoms. The van der Waals surface area contributed by atoms with E-state index < -0.39 is 12.3 Å². The van der Waals surface area contributed by atoms with Crippen LogP contribution >= 0.6 is 11.8 Å². The zero-order chi connectivity index (χ0) is 12.1. The fourth-order valence-electron chi connectivity index (χ4n) is 1.38. The Morgan fingerprint density at radius 2 is 2.12 bits per heavy atom. The van der Waals surface area contributed by atoms with E-state index in [-0.39, 0.29) is 23.1 Å². The van der Waals surface area contributed by atoms with Crippen LogP contribution in [0.4, 0.5) is 0 Å². The molecule has 6 heteroatoms. The summed E-state index contributed by atoms with van der Waals surface area (Å²) >= 11 is 1.50. The highest BCUT2D eigenvalue weighted by molar-refractivity contribution is 8.00. The molecule has 0 radical (unpaired) electrons. The van der Waals surface area contributed by atoms with Gasteiger partial charge >= 0.3 is 11.9 Å². The lowest BCUT2D eigenvalue weighted by Crippen LogP contribution is -2.28. The highest BCUT2D eigenvalue weighted by Crippen LogP contribution is 2.37. The van der Waals surface area contributed by atoms with Crippen LogP contribution in [0.25, 0.3) is 0 Å². The van der Waals surface area contributed by atoms with Crippen LogP contribution in [0, 0.1) is 0 Å². The van der Waals surface area contributed by atoms with Crippen molar-refractivity contribution in [1.29, 1.82) is 0 Å². The Morgan fingerprint density at radius 3 is 2.62 bits per heavy atom. The van der Waals surface area contributed by atoms with Crippen LogP contribution in [0.5, 0.6) is 0 Å². The minimum Gasteiger partial charge on any atom is -0.469 e. The lowest BCUT2D eigenvalue weighted by molar-refractivity contribution is -0.176. The van der Waals surface area contributed by atoms with Gasteiger partial charge in [0.2, 0.25) is 6.29 Å². The molecule has 0 aromatic carbocycles. The first kappa shape index (κ1) is 13.3. The number of ether oxygens (including phenoxy) is 3. The molecule has 0 aromatic heterocycles. The summed E-state index contributed by atoms with van der Waals surface area (Å²) in [4.78, 5) is 22.0. The Balaban J connectivity index is 2.56. The summed E-state index contributed by atoms with van der Waals surface area (Å²) in [6, 6.07) is 0. The maximum absolute atomic E-state index is 11.2. The summed E-state index contributed by atoms with van der Waals surface area (Å²) in [5.41, 5.74) is -0.0287. The summed E-state index contributed by atoms with van der Waals surface area (Å²) in [6.07, 6.45) is 0.349. The van der Waals surface area contributed by atoms with E-state index in [0.717, 1.165) is 6.42 Å². The molecule has 92 valence electrons. The van der Waals surface area contributed by atoms with Gasteiger partial charge in [-0.25, -0.2) is 0 Å². The van der Waals surface area contributed by atoms with Crippen LogP contribution in [-0.4, -0.2) is 36.0 Å². The molecule has 0 aliphatic carbocycles. The van der Waals surface area contributed by atoms with Crippen molar-refractivity contribution >= 4 is 23.7 Å². The normalized spacial score (nSPS) is 28.8. The molecular weight excluding hydrogens is 232 g/mol. The topological polar surface area (TPSA) is 61.8 Å². The number of carbonyl (C=O) groups is 2. The van der Waals surface area contributed by atoms with Crippen LogP contribution in [0.1, 0.15) is 26.7 Å². The van der Waals surface area contributed by atoms with Gasteiger partial charge < -0.3 is 14.2 Å². The van der Waals surface area contributed by atoms with Crippen molar-refractivity contribution in [2.24, 2.45) is 0 Å². The Bertz CT molecular complexity index is 268. The molecule has 1 saturated heterocycles. The van der Waals surface area contributed by atoms with E-state index in [0.29, 0.717) is 0 Å². The van der Waals surface area contributed by atoms with E-state index in [1.807, 2.05) is 6.92 Å². The molecule has 1 aliphatic heterocycles. The number of methoxy groups -OCH3 is 1. The second-order valence-electron chi connectivity index (χ2n) is 3.41. The number of rotatable bonds is 4. The first-order valence-electron chi connectivity index (χ1n) is 5.11. The molecule has 0 bridgehead atoms. The van der Waals surface area contributed by atoms with E-state index in [9.17, 15) is 9.59 Å². The van der Waals surface area contributed by atoms with E-state index >= 15 is 0 Å². The molecular formula is C10H16O5S. The van der Waals surface area contributed by atoms with Crippen molar-refractivity contribution in [3.63, 3.8) is 0 Å². The van der Waals surface area contributed by atoms with Gasteiger partial charge in [-0.3, -0.25) is 9.59 Å². The van der Waals surface area contributed by atoms with Gasteiger partial charge in [0.25, 0.3) is 0 Å². The Kier molecular flexibility index (Phi) is 5.08. The SMILES string of the molecule is CCC1OC(OC(C)=O)C(CC(=O)OC)S1. The first-order valence-corrected chi connectivity index (χ1v) is 6.06. The molecule has 0 aromatic rings. The molecule has 1 heterocycles. The van der Waals surface area contributed by atoms with Crippen molar-refractivity contribution in [2.45, 2.75) is 43.7 Å². The first-order chi connectivity index (χ1) is 7.56. The molecule has 3 atom stereocenters. The third-order valence-electron chi connectivity index (χ3n) is 2.13. The Hall–Kier alpha value is -0.750. The van der Waals surface area contributed by atoms with Crippen molar-refractivity contribution in [2.75, 3.05) is 7.11 Å². The van der Waals surface area contributed by atoms with Gasteiger partial charge in [0, 0.05) is 6.92 Å². The van der Waals surface area contributed by atoms with E-state index in [4.69, 9.17) is 9.47 Å². The molecule has 1 aliphatic rings. The van der Waals surface area contributed by atoms with Crippen LogP contribution in [0.3, 0.4) is 0 Å². The zero-order valence-corrected chi connectivity index (χ0v) is 10.4. The van der Waals surface area contributed by atoms with Crippen molar-refractivity contribution in [3.05, 3.63) is 0 Å². The summed E-state index contributed by atoms with van der Waals surface area (Å²) in [5, 5.41) is -0.179. The maximum Gasteiger partial charge on any atom is 0.306 e. The van der Waals surface area contributed by atoms with E-state index in [1.165, 1.54) is 25.8 Å². The van der Waals surface area contributed by atoms with Gasteiger partial charge in [-0.2, -0.15) is 0 Å². The quantitative estimate of drug-likeness (QED) is 0.699. The lowest BCUT2D eigenvalue weighted by Gasteiger charge is -2.15. The van der Waals surface area contributed by atoms with Crippen LogP contribution in [-0.2, 0) is 23.8 Å². The second kappa shape index (κ2) is 6.10. The maximum atomic E-state index is 11.2. The average molecular weight is 248 g/mol. The van der Waals surface area contributed by atoms with Crippen molar-refractivity contribution in [1.82, 2.24) is 0 Å². The van der Waals surface area contributed by atoms with Crippen LogP contribution < -0.4 is 0 Å². The minimum absolute atomic E-state index is 0.0287. The lowest BCUT2D eigenvalue weighted by atomic mass is 10.3. The summed E-state index contributed by atoms with van der Waals surface area (Å²) in [6.45, 7) is 3.30. The molecule has 0 amide bonds. The van der Waals surface area contributed by atoms with Gasteiger partial charge in [0.1, 0.15) is 5.44 Å². The Labute approximate surface area is 98.8 Å². The molecule has 1 fully saturated rings. The standard InChI is InChI=1S/C10H16O5S/c1-4-9-15-10(14-6(2)11)7(16-9)5-8(12)13-3/h7,9-10H,4-5H2,1-3H3. The highest BCUT2D eigenvalue weighted by Gasteiger charge is 2.38. The number of esters is 2. The highest BCUT2D eigenvalue weighted by atomic mass is 32.2. The van der Waals surface area contributed by atoms with Gasteiger partial charge in [0.05, 0.1) is 18.8 Å². The molecule has 0 N–H and O–H groups in total. The molecule has 0 saturated carbocycles. The molecule has 5 nitrogen and oxygen atoms in total. The summed E-state index contributed by atoms with van der Waals surface area (Å²) in [7, 11) is 1.33. The van der Waals surface area contributed by atoms with Gasteiger partial charge in [-0.1, -0.05) is 6.92 Å². The third-order valence-corrected chi connectivity index (χ3v) is 3.61. The number of carbonyl (C=O) groups excluding carboxylic acids is 2. The third kappa shape index (κ3) is 3.68.